The Hall–Kier alpha value is -2.40. The van der Waals surface area contributed by atoms with Crippen molar-refractivity contribution in [3.05, 3.63) is 64.9 Å². The fourth-order valence-electron chi connectivity index (χ4n) is 2.14. The molecule has 0 fully saturated rings. The van der Waals surface area contributed by atoms with Gasteiger partial charge in [0.2, 0.25) is 0 Å². The number of phenolic OH excluding ortho intramolecular Hbond substituents is 1. The van der Waals surface area contributed by atoms with Crippen LogP contribution in [0.15, 0.2) is 59.3 Å². The number of pyridine rings is 1. The molecule has 0 saturated heterocycles. The van der Waals surface area contributed by atoms with Crippen molar-refractivity contribution in [1.29, 1.82) is 0 Å². The standard InChI is InChI=1S/C16H11BrN2O2/c17-15-9-10(7-8-18-15)16(21)19-13-5-1-4-12-11(13)3-2-6-14(12)20/h1-9,20H,(H,19,21). The lowest BCUT2D eigenvalue weighted by atomic mass is 10.1. The van der Waals surface area contributed by atoms with E-state index in [0.717, 1.165) is 5.39 Å². The zero-order chi connectivity index (χ0) is 14.8. The molecule has 1 heterocycles. The van der Waals surface area contributed by atoms with Gasteiger partial charge < -0.3 is 10.4 Å². The number of halogens is 1. The highest BCUT2D eigenvalue weighted by atomic mass is 79.9. The van der Waals surface area contributed by atoms with Crippen LogP contribution in [0.4, 0.5) is 5.69 Å². The quantitative estimate of drug-likeness (QED) is 0.693. The number of nitrogens with one attached hydrogen (secondary N) is 1. The molecule has 1 amide bonds. The van der Waals surface area contributed by atoms with Gasteiger partial charge in [-0.1, -0.05) is 24.3 Å². The number of hydrogen-bond acceptors (Lipinski definition) is 3. The number of aromatic hydroxyl groups is 1. The summed E-state index contributed by atoms with van der Waals surface area (Å²) in [5.74, 6) is -0.0378. The fourth-order valence-corrected chi connectivity index (χ4v) is 2.51. The number of benzene rings is 2. The summed E-state index contributed by atoms with van der Waals surface area (Å²) in [5.41, 5.74) is 1.16. The molecule has 0 aliphatic heterocycles. The molecule has 5 heteroatoms. The van der Waals surface area contributed by atoms with Gasteiger partial charge in [-0.05, 0) is 40.2 Å². The minimum absolute atomic E-state index is 0.190. The van der Waals surface area contributed by atoms with Crippen molar-refractivity contribution in [3.63, 3.8) is 0 Å². The number of anilines is 1. The average molecular weight is 343 g/mol. The van der Waals surface area contributed by atoms with Crippen LogP contribution in [0.2, 0.25) is 0 Å². The van der Waals surface area contributed by atoms with Crippen molar-refractivity contribution in [2.24, 2.45) is 0 Å². The molecule has 0 aliphatic rings. The summed E-state index contributed by atoms with van der Waals surface area (Å²) in [6, 6.07) is 13.9. The maximum atomic E-state index is 12.3. The van der Waals surface area contributed by atoms with E-state index in [9.17, 15) is 9.90 Å². The highest BCUT2D eigenvalue weighted by Crippen LogP contribution is 2.30. The van der Waals surface area contributed by atoms with Gasteiger partial charge in [-0.15, -0.1) is 0 Å². The Morgan fingerprint density at radius 1 is 1.10 bits per heavy atom. The predicted octanol–water partition coefficient (Wildman–Crippen LogP) is 3.96. The number of aromatic nitrogens is 1. The molecule has 0 atom stereocenters. The maximum Gasteiger partial charge on any atom is 0.255 e. The molecule has 104 valence electrons. The van der Waals surface area contributed by atoms with Crippen LogP contribution in [0.3, 0.4) is 0 Å². The van der Waals surface area contributed by atoms with Crippen LogP contribution in [0, 0.1) is 0 Å². The molecule has 0 saturated carbocycles. The van der Waals surface area contributed by atoms with Gasteiger partial charge in [0, 0.05) is 28.2 Å². The van der Waals surface area contributed by atoms with Crippen molar-refractivity contribution in [2.45, 2.75) is 0 Å². The molecular weight excluding hydrogens is 332 g/mol. The second kappa shape index (κ2) is 5.54. The Morgan fingerprint density at radius 3 is 2.67 bits per heavy atom. The van der Waals surface area contributed by atoms with Gasteiger partial charge in [-0.25, -0.2) is 4.98 Å². The summed E-state index contributed by atoms with van der Waals surface area (Å²) in [6.45, 7) is 0. The molecule has 0 spiro atoms. The SMILES string of the molecule is O=C(Nc1cccc2c(O)cccc12)c1ccnc(Br)c1. The van der Waals surface area contributed by atoms with E-state index in [0.29, 0.717) is 21.2 Å². The second-order valence-corrected chi connectivity index (χ2v) is 5.31. The van der Waals surface area contributed by atoms with E-state index >= 15 is 0 Å². The van der Waals surface area contributed by atoms with Crippen LogP contribution < -0.4 is 5.32 Å². The van der Waals surface area contributed by atoms with Gasteiger partial charge in [0.15, 0.2) is 0 Å². The van der Waals surface area contributed by atoms with Crippen molar-refractivity contribution in [1.82, 2.24) is 4.98 Å². The van der Waals surface area contributed by atoms with E-state index in [1.54, 1.807) is 42.6 Å². The summed E-state index contributed by atoms with van der Waals surface area (Å²) in [6.07, 6.45) is 1.56. The summed E-state index contributed by atoms with van der Waals surface area (Å²) >= 11 is 3.24. The third kappa shape index (κ3) is 2.73. The van der Waals surface area contributed by atoms with Crippen LogP contribution in [0.5, 0.6) is 5.75 Å². The molecule has 3 aromatic rings. The average Bonchev–Trinajstić information content (AvgIpc) is 2.48. The molecular formula is C16H11BrN2O2. The first-order valence-corrected chi connectivity index (χ1v) is 7.08. The van der Waals surface area contributed by atoms with E-state index in [2.05, 4.69) is 26.2 Å². The molecule has 0 bridgehead atoms. The number of hydrogen-bond donors (Lipinski definition) is 2. The second-order valence-electron chi connectivity index (χ2n) is 4.50. The van der Waals surface area contributed by atoms with Crippen molar-refractivity contribution >= 4 is 38.3 Å². The highest BCUT2D eigenvalue weighted by Gasteiger charge is 2.10. The molecule has 0 radical (unpaired) electrons. The molecule has 0 unspecified atom stereocenters. The van der Waals surface area contributed by atoms with E-state index in [1.165, 1.54) is 0 Å². The van der Waals surface area contributed by atoms with Crippen LogP contribution in [0.1, 0.15) is 10.4 Å². The van der Waals surface area contributed by atoms with Gasteiger partial charge >= 0.3 is 0 Å². The Morgan fingerprint density at radius 2 is 1.86 bits per heavy atom. The molecule has 2 aromatic carbocycles. The van der Waals surface area contributed by atoms with Gasteiger partial charge in [0.25, 0.3) is 5.91 Å². The molecule has 0 aliphatic carbocycles. The Labute approximate surface area is 129 Å². The molecule has 2 N–H and O–H groups in total. The van der Waals surface area contributed by atoms with Gasteiger partial charge in [-0.3, -0.25) is 4.79 Å². The Kier molecular flexibility index (Phi) is 3.58. The number of carbonyl (C=O) groups is 1. The highest BCUT2D eigenvalue weighted by molar-refractivity contribution is 9.10. The lowest BCUT2D eigenvalue weighted by molar-refractivity contribution is 0.102. The largest absolute Gasteiger partial charge is 0.507 e. The maximum absolute atomic E-state index is 12.3. The van der Waals surface area contributed by atoms with Crippen molar-refractivity contribution in [3.8, 4) is 5.75 Å². The normalized spacial score (nSPS) is 10.5. The predicted molar refractivity (Wildman–Crippen MR) is 85.5 cm³/mol. The van der Waals surface area contributed by atoms with E-state index in [-0.39, 0.29) is 11.7 Å². The van der Waals surface area contributed by atoms with Crippen LogP contribution in [-0.4, -0.2) is 16.0 Å². The fraction of sp³-hybridized carbons (Fsp3) is 0. The number of fused-ring (bicyclic) bond motifs is 1. The van der Waals surface area contributed by atoms with Crippen LogP contribution in [0.25, 0.3) is 10.8 Å². The number of nitrogens with zero attached hydrogens (tertiary/aromatic N) is 1. The van der Waals surface area contributed by atoms with Crippen LogP contribution in [-0.2, 0) is 0 Å². The smallest absolute Gasteiger partial charge is 0.255 e. The number of amides is 1. The molecule has 4 nitrogen and oxygen atoms in total. The monoisotopic (exact) mass is 342 g/mol. The number of rotatable bonds is 2. The van der Waals surface area contributed by atoms with E-state index in [1.807, 2.05) is 12.1 Å². The first-order chi connectivity index (χ1) is 10.1. The zero-order valence-corrected chi connectivity index (χ0v) is 12.5. The van der Waals surface area contributed by atoms with Crippen molar-refractivity contribution < 1.29 is 9.90 Å². The van der Waals surface area contributed by atoms with Crippen molar-refractivity contribution in [2.75, 3.05) is 5.32 Å². The third-order valence-electron chi connectivity index (χ3n) is 3.14. The van der Waals surface area contributed by atoms with E-state index < -0.39 is 0 Å². The minimum Gasteiger partial charge on any atom is -0.507 e. The first kappa shape index (κ1) is 13.6. The van der Waals surface area contributed by atoms with Gasteiger partial charge in [0.05, 0.1) is 0 Å². The van der Waals surface area contributed by atoms with E-state index in [4.69, 9.17) is 0 Å². The molecule has 21 heavy (non-hydrogen) atoms. The topological polar surface area (TPSA) is 62.2 Å². The Balaban J connectivity index is 1.99. The minimum atomic E-state index is -0.228. The molecule has 1 aromatic heterocycles. The first-order valence-electron chi connectivity index (χ1n) is 6.29. The summed E-state index contributed by atoms with van der Waals surface area (Å²) in [7, 11) is 0. The third-order valence-corrected chi connectivity index (χ3v) is 3.57. The lowest BCUT2D eigenvalue weighted by Gasteiger charge is -2.09. The lowest BCUT2D eigenvalue weighted by Crippen LogP contribution is -2.12. The Bertz CT molecular complexity index is 833. The number of phenols is 1. The van der Waals surface area contributed by atoms with Crippen LogP contribution >= 0.6 is 15.9 Å². The van der Waals surface area contributed by atoms with Gasteiger partial charge in [-0.2, -0.15) is 0 Å². The summed E-state index contributed by atoms with van der Waals surface area (Å²) < 4.78 is 0.603. The van der Waals surface area contributed by atoms with Gasteiger partial charge in [0.1, 0.15) is 10.4 Å². The zero-order valence-electron chi connectivity index (χ0n) is 10.9. The number of carbonyl (C=O) groups excluding carboxylic acids is 1. The summed E-state index contributed by atoms with van der Waals surface area (Å²) in [5, 5.41) is 14.2. The summed E-state index contributed by atoms with van der Waals surface area (Å²) in [4.78, 5) is 16.3. The molecule has 3 rings (SSSR count).